The number of carbonyl (C=O) groups excluding carboxylic acids is 2. The molecule has 0 saturated carbocycles. The molecule has 0 aliphatic carbocycles. The van der Waals surface area contributed by atoms with Crippen molar-refractivity contribution >= 4 is 12.0 Å². The molecule has 1 aromatic rings. The number of alkyl carbamates (subject to hydrolysis) is 1. The third kappa shape index (κ3) is 5.33. The van der Waals surface area contributed by atoms with E-state index in [1.54, 1.807) is 31.5 Å². The Bertz CT molecular complexity index is 434. The molecule has 1 rings (SSSR count). The number of rotatable bonds is 4. The molecule has 0 spiro atoms. The minimum Gasteiger partial charge on any atom is -0.444 e. The summed E-state index contributed by atoms with van der Waals surface area (Å²) in [7, 11) is 0. The van der Waals surface area contributed by atoms with Crippen molar-refractivity contribution in [2.45, 2.75) is 39.5 Å². The van der Waals surface area contributed by atoms with E-state index >= 15 is 0 Å². The third-order valence-electron chi connectivity index (χ3n) is 1.84. The Hall–Kier alpha value is -2.05. The van der Waals surface area contributed by atoms with E-state index in [1.807, 2.05) is 0 Å². The van der Waals surface area contributed by atoms with Crippen LogP contribution in [-0.2, 0) is 22.6 Å². The molecule has 0 radical (unpaired) electrons. The summed E-state index contributed by atoms with van der Waals surface area (Å²) in [6.07, 6.45) is 2.62. The number of amides is 2. The van der Waals surface area contributed by atoms with Crippen LogP contribution < -0.4 is 11.1 Å². The van der Waals surface area contributed by atoms with Gasteiger partial charge in [-0.1, -0.05) is 0 Å². The Morgan fingerprint density at radius 1 is 1.50 bits per heavy atom. The number of nitrogens with two attached hydrogens (primary N) is 1. The number of imidazole rings is 1. The van der Waals surface area contributed by atoms with Gasteiger partial charge in [-0.3, -0.25) is 4.79 Å². The molecule has 3 N–H and O–H groups in total. The molecule has 100 valence electrons. The maximum atomic E-state index is 11.4. The third-order valence-corrected chi connectivity index (χ3v) is 1.84. The van der Waals surface area contributed by atoms with E-state index in [0.717, 1.165) is 0 Å². The van der Waals surface area contributed by atoms with E-state index in [0.29, 0.717) is 5.69 Å². The van der Waals surface area contributed by atoms with Crippen molar-refractivity contribution in [1.29, 1.82) is 0 Å². The first-order valence-electron chi connectivity index (χ1n) is 5.52. The Morgan fingerprint density at radius 3 is 2.72 bits per heavy atom. The van der Waals surface area contributed by atoms with Gasteiger partial charge in [0.1, 0.15) is 12.1 Å². The molecular weight excluding hydrogens is 236 g/mol. The maximum absolute atomic E-state index is 11.4. The highest BCUT2D eigenvalue weighted by Crippen LogP contribution is 2.06. The van der Waals surface area contributed by atoms with Crippen molar-refractivity contribution in [2.24, 2.45) is 5.73 Å². The summed E-state index contributed by atoms with van der Waals surface area (Å²) in [5.41, 5.74) is 5.14. The van der Waals surface area contributed by atoms with Gasteiger partial charge < -0.3 is 20.4 Å². The summed E-state index contributed by atoms with van der Waals surface area (Å²) in [6.45, 7) is 5.66. The monoisotopic (exact) mass is 254 g/mol. The zero-order valence-electron chi connectivity index (χ0n) is 10.8. The molecule has 0 fully saturated rings. The zero-order valence-corrected chi connectivity index (χ0v) is 10.8. The molecule has 1 aromatic heterocycles. The number of hydrogen-bond acceptors (Lipinski definition) is 4. The van der Waals surface area contributed by atoms with Gasteiger partial charge in [0.05, 0.1) is 18.6 Å². The van der Waals surface area contributed by atoms with Gasteiger partial charge in [-0.05, 0) is 20.8 Å². The van der Waals surface area contributed by atoms with Crippen molar-refractivity contribution < 1.29 is 14.3 Å². The maximum Gasteiger partial charge on any atom is 0.407 e. The molecule has 0 aromatic carbocycles. The van der Waals surface area contributed by atoms with Gasteiger partial charge >= 0.3 is 6.09 Å². The van der Waals surface area contributed by atoms with Gasteiger partial charge in [0.25, 0.3) is 0 Å². The smallest absolute Gasteiger partial charge is 0.407 e. The summed E-state index contributed by atoms with van der Waals surface area (Å²) in [5.74, 6) is -0.445. The van der Waals surface area contributed by atoms with Gasteiger partial charge in [-0.2, -0.15) is 0 Å². The predicted octanol–water partition coefficient (Wildman–Crippen LogP) is 0.393. The first kappa shape index (κ1) is 14.0. The lowest BCUT2D eigenvalue weighted by atomic mass is 10.2. The van der Waals surface area contributed by atoms with Crippen LogP contribution in [0.1, 0.15) is 26.5 Å². The molecule has 0 bridgehead atoms. The second-order valence-electron chi connectivity index (χ2n) is 4.86. The average molecular weight is 254 g/mol. The highest BCUT2D eigenvalue weighted by Gasteiger charge is 2.15. The van der Waals surface area contributed by atoms with Crippen LogP contribution in [0.4, 0.5) is 4.79 Å². The molecule has 7 nitrogen and oxygen atoms in total. The van der Waals surface area contributed by atoms with Crippen LogP contribution in [-0.4, -0.2) is 27.2 Å². The van der Waals surface area contributed by atoms with E-state index in [9.17, 15) is 9.59 Å². The minimum absolute atomic E-state index is 0.0689. The summed E-state index contributed by atoms with van der Waals surface area (Å²) in [5, 5.41) is 2.57. The Kier molecular flexibility index (Phi) is 4.30. The summed E-state index contributed by atoms with van der Waals surface area (Å²) in [4.78, 5) is 26.1. The Labute approximate surface area is 105 Å². The van der Waals surface area contributed by atoms with Crippen LogP contribution in [0.2, 0.25) is 0 Å². The van der Waals surface area contributed by atoms with Gasteiger partial charge in [0, 0.05) is 6.20 Å². The average Bonchev–Trinajstić information content (AvgIpc) is 2.59. The second kappa shape index (κ2) is 5.52. The predicted molar refractivity (Wildman–Crippen MR) is 64.5 cm³/mol. The van der Waals surface area contributed by atoms with E-state index in [1.165, 1.54) is 6.33 Å². The lowest BCUT2D eigenvalue weighted by molar-refractivity contribution is -0.118. The molecule has 18 heavy (non-hydrogen) atoms. The minimum atomic E-state index is -0.532. The molecule has 0 aliphatic rings. The number of ether oxygens (including phenoxy) is 1. The zero-order chi connectivity index (χ0) is 13.8. The standard InChI is InChI=1S/C11H18N4O3/c1-11(2,3)18-10(17)13-4-8-5-15(7-14-8)6-9(12)16/h5,7H,4,6H2,1-3H3,(H2,12,16)(H,13,17). The fourth-order valence-electron chi connectivity index (χ4n) is 1.24. The van der Waals surface area contributed by atoms with E-state index in [4.69, 9.17) is 10.5 Å². The van der Waals surface area contributed by atoms with Crippen LogP contribution in [0.25, 0.3) is 0 Å². The van der Waals surface area contributed by atoms with E-state index in [-0.39, 0.29) is 13.1 Å². The summed E-state index contributed by atoms with van der Waals surface area (Å²) < 4.78 is 6.62. The van der Waals surface area contributed by atoms with Crippen molar-refractivity contribution in [3.63, 3.8) is 0 Å². The topological polar surface area (TPSA) is 99.2 Å². The normalized spacial score (nSPS) is 11.1. The van der Waals surface area contributed by atoms with Gasteiger partial charge in [0.2, 0.25) is 5.91 Å². The number of nitrogens with zero attached hydrogens (tertiary/aromatic N) is 2. The molecule has 7 heteroatoms. The molecule has 2 amide bonds. The van der Waals surface area contributed by atoms with Crippen LogP contribution in [0.3, 0.4) is 0 Å². The molecule has 1 heterocycles. The SMILES string of the molecule is CC(C)(C)OC(=O)NCc1cn(CC(N)=O)cn1. The lowest BCUT2D eigenvalue weighted by Crippen LogP contribution is -2.32. The largest absolute Gasteiger partial charge is 0.444 e. The fourth-order valence-corrected chi connectivity index (χ4v) is 1.24. The Balaban J connectivity index is 2.42. The van der Waals surface area contributed by atoms with Crippen LogP contribution in [0.5, 0.6) is 0 Å². The number of hydrogen-bond donors (Lipinski definition) is 2. The summed E-state index contributed by atoms with van der Waals surface area (Å²) >= 11 is 0. The Morgan fingerprint density at radius 2 is 2.17 bits per heavy atom. The molecule has 0 atom stereocenters. The van der Waals surface area contributed by atoms with Crippen molar-refractivity contribution in [2.75, 3.05) is 0 Å². The van der Waals surface area contributed by atoms with Gasteiger partial charge in [-0.25, -0.2) is 9.78 Å². The van der Waals surface area contributed by atoms with E-state index in [2.05, 4.69) is 10.3 Å². The number of aromatic nitrogens is 2. The first-order chi connectivity index (χ1) is 8.26. The molecule has 0 aliphatic heterocycles. The highest BCUT2D eigenvalue weighted by atomic mass is 16.6. The van der Waals surface area contributed by atoms with Crippen LogP contribution in [0, 0.1) is 0 Å². The lowest BCUT2D eigenvalue weighted by Gasteiger charge is -2.19. The number of nitrogens with one attached hydrogen (secondary N) is 1. The van der Waals surface area contributed by atoms with Crippen molar-refractivity contribution in [3.8, 4) is 0 Å². The highest BCUT2D eigenvalue weighted by molar-refractivity contribution is 5.73. The van der Waals surface area contributed by atoms with Crippen molar-refractivity contribution in [3.05, 3.63) is 18.2 Å². The van der Waals surface area contributed by atoms with Gasteiger partial charge in [0.15, 0.2) is 0 Å². The second-order valence-corrected chi connectivity index (χ2v) is 4.86. The van der Waals surface area contributed by atoms with E-state index < -0.39 is 17.6 Å². The quantitative estimate of drug-likeness (QED) is 0.812. The fraction of sp³-hybridized carbons (Fsp3) is 0.545. The van der Waals surface area contributed by atoms with Gasteiger partial charge in [-0.15, -0.1) is 0 Å². The van der Waals surface area contributed by atoms with Crippen molar-refractivity contribution in [1.82, 2.24) is 14.9 Å². The molecule has 0 unspecified atom stereocenters. The molecular formula is C11H18N4O3. The molecule has 0 saturated heterocycles. The first-order valence-corrected chi connectivity index (χ1v) is 5.52. The summed E-state index contributed by atoms with van der Waals surface area (Å²) in [6, 6.07) is 0. The van der Waals surface area contributed by atoms with Crippen LogP contribution >= 0.6 is 0 Å². The van der Waals surface area contributed by atoms with Crippen LogP contribution in [0.15, 0.2) is 12.5 Å². The number of carbonyl (C=O) groups is 2. The number of primary amides is 1.